The van der Waals surface area contributed by atoms with Gasteiger partial charge in [-0.1, -0.05) is 49.4 Å². The van der Waals surface area contributed by atoms with Gasteiger partial charge in [0.2, 0.25) is 0 Å². The molecule has 3 nitrogen and oxygen atoms in total. The van der Waals surface area contributed by atoms with Gasteiger partial charge in [-0.15, -0.1) is 0 Å². The lowest BCUT2D eigenvalue weighted by atomic mass is 10.1. The van der Waals surface area contributed by atoms with Crippen molar-refractivity contribution in [3.8, 4) is 0 Å². The van der Waals surface area contributed by atoms with E-state index in [-0.39, 0.29) is 5.91 Å². The van der Waals surface area contributed by atoms with Crippen LogP contribution in [0.15, 0.2) is 42.5 Å². The van der Waals surface area contributed by atoms with Crippen LogP contribution in [-0.4, -0.2) is 19.1 Å². The molecule has 0 saturated carbocycles. The van der Waals surface area contributed by atoms with Crippen molar-refractivity contribution in [1.29, 1.82) is 0 Å². The van der Waals surface area contributed by atoms with E-state index in [0.29, 0.717) is 21.8 Å². The van der Waals surface area contributed by atoms with Gasteiger partial charge in [-0.3, -0.25) is 9.69 Å². The molecule has 114 valence electrons. The van der Waals surface area contributed by atoms with E-state index in [0.717, 1.165) is 5.19 Å². The molecule has 22 heavy (non-hydrogen) atoms. The molecule has 3 rings (SSSR count). The van der Waals surface area contributed by atoms with Gasteiger partial charge in [-0.2, -0.15) is 0 Å². The largest absolute Gasteiger partial charge is 0.369 e. The van der Waals surface area contributed by atoms with Crippen molar-refractivity contribution in [3.05, 3.63) is 58.6 Å². The number of amides is 1. The summed E-state index contributed by atoms with van der Waals surface area (Å²) in [5.74, 6) is -0.150. The van der Waals surface area contributed by atoms with Crippen molar-refractivity contribution >= 4 is 36.5 Å². The van der Waals surface area contributed by atoms with Crippen molar-refractivity contribution in [2.45, 2.75) is 25.9 Å². The lowest BCUT2D eigenvalue weighted by molar-refractivity contribution is 0.0936. The average molecular weight is 332 g/mol. The number of aliphatic hydroxyl groups is 1. The Bertz CT molecular complexity index is 740. The van der Waals surface area contributed by atoms with Crippen LogP contribution in [0.3, 0.4) is 0 Å². The molecule has 1 unspecified atom stereocenters. The Morgan fingerprint density at radius 1 is 1.14 bits per heavy atom. The van der Waals surface area contributed by atoms with E-state index in [1.54, 1.807) is 6.07 Å². The number of nitrogens with zero attached hydrogens (tertiary/aromatic N) is 1. The minimum atomic E-state index is -1.77. The van der Waals surface area contributed by atoms with Gasteiger partial charge in [0.25, 0.3) is 5.91 Å². The maximum atomic E-state index is 12.9. The number of carbonyl (C=O) groups excluding carboxylic acids is 1. The third-order valence-corrected chi connectivity index (χ3v) is 6.16. The van der Waals surface area contributed by atoms with Crippen LogP contribution >= 0.6 is 11.6 Å². The molecule has 2 aromatic carbocycles. The molecule has 2 aromatic rings. The highest BCUT2D eigenvalue weighted by atomic mass is 35.5. The molecule has 0 radical (unpaired) electrons. The van der Waals surface area contributed by atoms with E-state index in [1.165, 1.54) is 4.90 Å². The fourth-order valence-corrected chi connectivity index (χ4v) is 4.79. The number of rotatable bonds is 2. The first-order chi connectivity index (χ1) is 10.3. The van der Waals surface area contributed by atoms with E-state index in [2.05, 4.69) is 19.6 Å². The summed E-state index contributed by atoms with van der Waals surface area (Å²) >= 11 is 6.22. The third-order valence-electron chi connectivity index (χ3n) is 3.93. The second kappa shape index (κ2) is 5.23. The fourth-order valence-electron chi connectivity index (χ4n) is 2.88. The average Bonchev–Trinajstić information content (AvgIpc) is 2.70. The van der Waals surface area contributed by atoms with E-state index in [1.807, 2.05) is 36.4 Å². The minimum absolute atomic E-state index is 0.150. The molecular formula is C17H18ClNO2Si. The molecule has 0 spiro atoms. The molecule has 1 aliphatic heterocycles. The number of carbonyl (C=O) groups is 1. The zero-order valence-corrected chi connectivity index (χ0v) is 14.6. The lowest BCUT2D eigenvalue weighted by Gasteiger charge is -2.21. The number of aliphatic hydroxyl groups excluding tert-OH is 1. The predicted octanol–water partition coefficient (Wildman–Crippen LogP) is 3.54. The molecule has 0 aliphatic carbocycles. The Morgan fingerprint density at radius 2 is 1.77 bits per heavy atom. The first kappa shape index (κ1) is 15.3. The van der Waals surface area contributed by atoms with Crippen molar-refractivity contribution in [1.82, 2.24) is 0 Å². The normalized spacial score (nSPS) is 17.8. The SMILES string of the molecule is C[Si](C)(C)c1cc(Cl)cc2c1C(=O)N(c1ccccc1)C2O. The second-order valence-electron chi connectivity index (χ2n) is 6.55. The topological polar surface area (TPSA) is 40.5 Å². The van der Waals surface area contributed by atoms with Gasteiger partial charge >= 0.3 is 0 Å². The number of benzene rings is 2. The van der Waals surface area contributed by atoms with Crippen molar-refractivity contribution in [3.63, 3.8) is 0 Å². The summed E-state index contributed by atoms with van der Waals surface area (Å²) in [4.78, 5) is 14.4. The highest BCUT2D eigenvalue weighted by Crippen LogP contribution is 2.37. The molecule has 0 fully saturated rings. The summed E-state index contributed by atoms with van der Waals surface area (Å²) in [5, 5.41) is 12.2. The van der Waals surface area contributed by atoms with Crippen LogP contribution in [0.2, 0.25) is 24.7 Å². The zero-order valence-electron chi connectivity index (χ0n) is 12.8. The highest BCUT2D eigenvalue weighted by Gasteiger charge is 2.40. The first-order valence-corrected chi connectivity index (χ1v) is 11.1. The van der Waals surface area contributed by atoms with Crippen molar-refractivity contribution < 1.29 is 9.90 Å². The minimum Gasteiger partial charge on any atom is -0.369 e. The number of fused-ring (bicyclic) bond motifs is 1. The third kappa shape index (κ3) is 2.37. The zero-order chi connectivity index (χ0) is 16.1. The Hall–Kier alpha value is -1.62. The molecular weight excluding hydrogens is 314 g/mol. The molecule has 1 amide bonds. The lowest BCUT2D eigenvalue weighted by Crippen LogP contribution is -2.42. The van der Waals surface area contributed by atoms with Crippen molar-refractivity contribution in [2.75, 3.05) is 4.90 Å². The molecule has 1 heterocycles. The molecule has 0 aromatic heterocycles. The van der Waals surface area contributed by atoms with Gasteiger partial charge in [0, 0.05) is 21.8 Å². The quantitative estimate of drug-likeness (QED) is 0.855. The molecule has 1 atom stereocenters. The standard InChI is InChI=1S/C17H18ClNO2Si/c1-22(2,3)14-10-11(18)9-13-15(14)17(21)19(16(13)20)12-7-5-4-6-8-12/h4-10,16,20H,1-3H3. The summed E-state index contributed by atoms with van der Waals surface area (Å²) in [7, 11) is -1.77. The maximum Gasteiger partial charge on any atom is 0.260 e. The smallest absolute Gasteiger partial charge is 0.260 e. The van der Waals surface area contributed by atoms with E-state index < -0.39 is 14.3 Å². The summed E-state index contributed by atoms with van der Waals surface area (Å²) in [5.41, 5.74) is 1.92. The Morgan fingerprint density at radius 3 is 2.36 bits per heavy atom. The second-order valence-corrected chi connectivity index (χ2v) is 12.0. The number of para-hydroxylation sites is 1. The monoisotopic (exact) mass is 331 g/mol. The highest BCUT2D eigenvalue weighted by molar-refractivity contribution is 6.89. The van der Waals surface area contributed by atoms with Crippen LogP contribution in [0.25, 0.3) is 0 Å². The van der Waals surface area contributed by atoms with Crippen LogP contribution < -0.4 is 10.1 Å². The summed E-state index contributed by atoms with van der Waals surface area (Å²) < 4.78 is 0. The molecule has 0 saturated heterocycles. The fraction of sp³-hybridized carbons (Fsp3) is 0.235. The van der Waals surface area contributed by atoms with Gasteiger partial charge in [0.15, 0.2) is 6.23 Å². The van der Waals surface area contributed by atoms with Gasteiger partial charge in [0.05, 0.1) is 8.07 Å². The first-order valence-electron chi connectivity index (χ1n) is 7.21. The summed E-state index contributed by atoms with van der Waals surface area (Å²) in [6.07, 6.45) is -0.987. The van der Waals surface area contributed by atoms with Crippen LogP contribution in [0, 0.1) is 0 Å². The maximum absolute atomic E-state index is 12.9. The predicted molar refractivity (Wildman–Crippen MR) is 92.6 cm³/mol. The van der Waals surface area contributed by atoms with Crippen LogP contribution in [-0.2, 0) is 0 Å². The molecule has 1 N–H and O–H groups in total. The van der Waals surface area contributed by atoms with Gasteiger partial charge in [0.1, 0.15) is 0 Å². The summed E-state index contributed by atoms with van der Waals surface area (Å²) in [6, 6.07) is 12.8. The van der Waals surface area contributed by atoms with Gasteiger partial charge < -0.3 is 5.11 Å². The van der Waals surface area contributed by atoms with E-state index >= 15 is 0 Å². The number of hydrogen-bond donors (Lipinski definition) is 1. The Balaban J connectivity index is 2.20. The Labute approximate surface area is 136 Å². The summed E-state index contributed by atoms with van der Waals surface area (Å²) in [6.45, 7) is 6.51. The van der Waals surface area contributed by atoms with Crippen LogP contribution in [0.5, 0.6) is 0 Å². The van der Waals surface area contributed by atoms with Crippen LogP contribution in [0.4, 0.5) is 5.69 Å². The molecule has 1 aliphatic rings. The van der Waals surface area contributed by atoms with Crippen LogP contribution in [0.1, 0.15) is 22.1 Å². The van der Waals surface area contributed by atoms with Gasteiger partial charge in [-0.25, -0.2) is 0 Å². The number of hydrogen-bond acceptors (Lipinski definition) is 2. The molecule has 5 heteroatoms. The van der Waals surface area contributed by atoms with E-state index in [9.17, 15) is 9.90 Å². The number of halogens is 1. The Kier molecular flexibility index (Phi) is 3.63. The van der Waals surface area contributed by atoms with E-state index in [4.69, 9.17) is 11.6 Å². The van der Waals surface area contributed by atoms with Gasteiger partial charge in [-0.05, 0) is 29.5 Å². The number of anilines is 1. The molecule has 0 bridgehead atoms. The van der Waals surface area contributed by atoms with Crippen molar-refractivity contribution in [2.24, 2.45) is 0 Å².